The van der Waals surface area contributed by atoms with Gasteiger partial charge in [0, 0.05) is 17.8 Å². The second-order valence-electron chi connectivity index (χ2n) is 4.57. The molecule has 1 aromatic heterocycles. The number of nitro groups is 1. The number of nitro benzene ring substituents is 1. The summed E-state index contributed by atoms with van der Waals surface area (Å²) in [7, 11) is 0. The predicted molar refractivity (Wildman–Crippen MR) is 75.0 cm³/mol. The van der Waals surface area contributed by atoms with Crippen molar-refractivity contribution in [3.05, 3.63) is 56.9 Å². The first kappa shape index (κ1) is 13.4. The van der Waals surface area contributed by atoms with Gasteiger partial charge in [0.25, 0.3) is 5.69 Å². The molecular weight excluding hydrogens is 296 g/mol. The van der Waals surface area contributed by atoms with Gasteiger partial charge in [-0.15, -0.1) is 5.10 Å². The first-order valence-electron chi connectivity index (χ1n) is 6.10. The molecule has 0 atom stereocenters. The number of carbonyl (C=O) groups excluding carboxylic acids is 1. The van der Waals surface area contributed by atoms with E-state index in [0.29, 0.717) is 16.9 Å². The van der Waals surface area contributed by atoms with E-state index in [1.807, 2.05) is 0 Å². The third kappa shape index (κ3) is 2.55. The monoisotopic (exact) mass is 304 g/mol. The average molecular weight is 305 g/mol. The van der Waals surface area contributed by atoms with Gasteiger partial charge in [-0.2, -0.15) is 5.10 Å². The number of hydrogen-bond acceptors (Lipinski definition) is 5. The third-order valence-electron chi connectivity index (χ3n) is 3.21. The summed E-state index contributed by atoms with van der Waals surface area (Å²) >= 11 is 5.67. The van der Waals surface area contributed by atoms with Crippen molar-refractivity contribution in [3.63, 3.8) is 0 Å². The maximum absolute atomic E-state index is 12.1. The highest BCUT2D eigenvalue weighted by Crippen LogP contribution is 2.32. The van der Waals surface area contributed by atoms with Gasteiger partial charge in [-0.05, 0) is 23.8 Å². The molecule has 1 amide bonds. The molecule has 1 aromatic carbocycles. The topological polar surface area (TPSA) is 89.2 Å². The molecule has 106 valence electrons. The van der Waals surface area contributed by atoms with Crippen molar-refractivity contribution in [1.29, 1.82) is 0 Å². The van der Waals surface area contributed by atoms with Gasteiger partial charge in [0.2, 0.25) is 5.91 Å². The molecule has 0 unspecified atom stereocenters. The van der Waals surface area contributed by atoms with Crippen molar-refractivity contribution in [2.24, 2.45) is 0 Å². The Hall–Kier alpha value is -2.54. The molecule has 0 N–H and O–H groups in total. The number of carbonyl (C=O) groups is 1. The number of rotatable bonds is 3. The van der Waals surface area contributed by atoms with E-state index in [0.717, 1.165) is 0 Å². The van der Waals surface area contributed by atoms with Crippen LogP contribution in [0.5, 0.6) is 0 Å². The molecule has 0 spiro atoms. The minimum atomic E-state index is -0.474. The highest BCUT2D eigenvalue weighted by Gasteiger charge is 2.29. The van der Waals surface area contributed by atoms with Gasteiger partial charge in [0.1, 0.15) is 0 Å². The summed E-state index contributed by atoms with van der Waals surface area (Å²) in [5.41, 5.74) is 1.90. The quantitative estimate of drug-likeness (QED) is 0.640. The highest BCUT2D eigenvalue weighted by atomic mass is 35.5. The van der Waals surface area contributed by atoms with Gasteiger partial charge < -0.3 is 4.90 Å². The summed E-state index contributed by atoms with van der Waals surface area (Å²) < 4.78 is 0. The molecule has 21 heavy (non-hydrogen) atoms. The molecular formula is C13H9ClN4O3. The van der Waals surface area contributed by atoms with Crippen LogP contribution >= 0.6 is 11.6 Å². The van der Waals surface area contributed by atoms with Crippen molar-refractivity contribution in [2.45, 2.75) is 13.0 Å². The molecule has 1 aliphatic heterocycles. The van der Waals surface area contributed by atoms with Crippen LogP contribution in [0.25, 0.3) is 0 Å². The van der Waals surface area contributed by atoms with Crippen molar-refractivity contribution in [3.8, 4) is 0 Å². The lowest BCUT2D eigenvalue weighted by molar-refractivity contribution is -0.384. The van der Waals surface area contributed by atoms with Crippen LogP contribution in [0.4, 0.5) is 11.4 Å². The van der Waals surface area contributed by atoms with Gasteiger partial charge in [0.15, 0.2) is 5.15 Å². The largest absolute Gasteiger partial charge is 0.306 e. The Morgan fingerprint density at radius 1 is 1.29 bits per heavy atom. The van der Waals surface area contributed by atoms with Crippen molar-refractivity contribution >= 4 is 28.9 Å². The van der Waals surface area contributed by atoms with E-state index < -0.39 is 4.92 Å². The van der Waals surface area contributed by atoms with E-state index in [2.05, 4.69) is 10.2 Å². The van der Waals surface area contributed by atoms with Crippen LogP contribution in [0.1, 0.15) is 11.3 Å². The molecule has 1 aliphatic rings. The Labute approximate surface area is 124 Å². The fraction of sp³-hybridized carbons (Fsp3) is 0.154. The second-order valence-corrected chi connectivity index (χ2v) is 4.96. The normalized spacial score (nSPS) is 13.4. The molecule has 0 saturated carbocycles. The summed E-state index contributed by atoms with van der Waals surface area (Å²) in [5, 5.41) is 18.7. The summed E-state index contributed by atoms with van der Waals surface area (Å²) in [6, 6.07) is 7.69. The third-order valence-corrected chi connectivity index (χ3v) is 3.42. The lowest BCUT2D eigenvalue weighted by Gasteiger charge is -2.16. The van der Waals surface area contributed by atoms with Gasteiger partial charge in [-0.25, -0.2) is 0 Å². The zero-order valence-corrected chi connectivity index (χ0v) is 11.4. The predicted octanol–water partition coefficient (Wildman–Crippen LogP) is 2.13. The van der Waals surface area contributed by atoms with Crippen molar-refractivity contribution < 1.29 is 9.72 Å². The smallest absolute Gasteiger partial charge is 0.269 e. The number of fused-ring (bicyclic) bond motifs is 1. The van der Waals surface area contributed by atoms with Crippen LogP contribution < -0.4 is 4.90 Å². The Balaban J connectivity index is 1.90. The van der Waals surface area contributed by atoms with E-state index in [-0.39, 0.29) is 29.7 Å². The van der Waals surface area contributed by atoms with Crippen LogP contribution in [0, 0.1) is 10.1 Å². The van der Waals surface area contributed by atoms with Crippen LogP contribution in [-0.2, 0) is 17.8 Å². The highest BCUT2D eigenvalue weighted by molar-refractivity contribution is 6.29. The van der Waals surface area contributed by atoms with Crippen molar-refractivity contribution in [2.75, 3.05) is 4.90 Å². The molecule has 0 bridgehead atoms. The fourth-order valence-corrected chi connectivity index (χ4v) is 2.35. The number of hydrogen-bond donors (Lipinski definition) is 0. The zero-order chi connectivity index (χ0) is 15.0. The summed E-state index contributed by atoms with van der Waals surface area (Å²) in [4.78, 5) is 23.9. The lowest BCUT2D eigenvalue weighted by atomic mass is 10.1. The fourth-order valence-electron chi connectivity index (χ4n) is 2.25. The molecule has 2 heterocycles. The minimum absolute atomic E-state index is 0.0188. The van der Waals surface area contributed by atoms with E-state index in [1.165, 1.54) is 17.0 Å². The van der Waals surface area contributed by atoms with Crippen LogP contribution in [-0.4, -0.2) is 21.0 Å². The molecule has 7 nitrogen and oxygen atoms in total. The van der Waals surface area contributed by atoms with Gasteiger partial charge in [-0.1, -0.05) is 11.6 Å². The molecule has 8 heteroatoms. The number of non-ortho nitro benzene ring substituents is 1. The van der Waals surface area contributed by atoms with E-state index in [9.17, 15) is 14.9 Å². The maximum atomic E-state index is 12.1. The maximum Gasteiger partial charge on any atom is 0.269 e. The van der Waals surface area contributed by atoms with E-state index >= 15 is 0 Å². The summed E-state index contributed by atoms with van der Waals surface area (Å²) in [6.45, 7) is 0.258. The average Bonchev–Trinajstić information content (AvgIpc) is 2.76. The number of benzene rings is 1. The second kappa shape index (κ2) is 5.10. The first-order valence-corrected chi connectivity index (χ1v) is 6.48. The van der Waals surface area contributed by atoms with E-state index in [1.54, 1.807) is 18.2 Å². The Morgan fingerprint density at radius 3 is 2.76 bits per heavy atom. The van der Waals surface area contributed by atoms with Crippen LogP contribution in [0.2, 0.25) is 5.15 Å². The molecule has 0 aliphatic carbocycles. The molecule has 0 radical (unpaired) electrons. The van der Waals surface area contributed by atoms with Gasteiger partial charge in [-0.3, -0.25) is 14.9 Å². The lowest BCUT2D eigenvalue weighted by Crippen LogP contribution is -2.26. The van der Waals surface area contributed by atoms with Crippen LogP contribution in [0.15, 0.2) is 30.3 Å². The Bertz CT molecular complexity index is 733. The molecule has 3 rings (SSSR count). The van der Waals surface area contributed by atoms with E-state index in [4.69, 9.17) is 11.6 Å². The van der Waals surface area contributed by atoms with Crippen LogP contribution in [0.3, 0.4) is 0 Å². The Morgan fingerprint density at radius 2 is 2.10 bits per heavy atom. The molecule has 0 fully saturated rings. The Kier molecular flexibility index (Phi) is 3.26. The molecule has 2 aromatic rings. The first-order chi connectivity index (χ1) is 10.0. The number of halogens is 1. The standard InChI is InChI=1S/C13H9ClN4O3/c14-12-4-1-9(15-16-12)7-17-11-3-2-10(18(20)21)5-8(11)6-13(17)19/h1-5H,6-7H2. The summed E-state index contributed by atoms with van der Waals surface area (Å²) in [5.74, 6) is -0.123. The SMILES string of the molecule is O=C1Cc2cc([N+](=O)[O-])ccc2N1Cc1ccc(Cl)nn1. The van der Waals surface area contributed by atoms with Gasteiger partial charge >= 0.3 is 0 Å². The minimum Gasteiger partial charge on any atom is -0.306 e. The molecule has 0 saturated heterocycles. The summed E-state index contributed by atoms with van der Waals surface area (Å²) in [6.07, 6.45) is 0.151. The number of amides is 1. The zero-order valence-electron chi connectivity index (χ0n) is 10.7. The number of nitrogens with zero attached hydrogens (tertiary/aromatic N) is 4. The number of aromatic nitrogens is 2. The van der Waals surface area contributed by atoms with Crippen molar-refractivity contribution in [1.82, 2.24) is 10.2 Å². The van der Waals surface area contributed by atoms with Gasteiger partial charge in [0.05, 0.1) is 23.6 Å². The number of anilines is 1.